The molecule has 0 spiro atoms. The van der Waals surface area contributed by atoms with Crippen molar-refractivity contribution in [1.29, 1.82) is 5.26 Å². The van der Waals surface area contributed by atoms with E-state index in [1.807, 2.05) is 6.07 Å². The lowest BCUT2D eigenvalue weighted by atomic mass is 10.1. The predicted octanol–water partition coefficient (Wildman–Crippen LogP) is 5.72. The molecule has 0 radical (unpaired) electrons. The molecule has 9 N–H and O–H groups in total. The summed E-state index contributed by atoms with van der Waals surface area (Å²) in [5, 5.41) is 62.1. The van der Waals surface area contributed by atoms with Crippen LogP contribution in [0.5, 0.6) is 28.7 Å². The molecule has 18 heteroatoms. The first-order chi connectivity index (χ1) is 29.6. The topological polar surface area (TPSA) is 286 Å². The fourth-order valence-corrected chi connectivity index (χ4v) is 5.79. The highest BCUT2D eigenvalue weighted by atomic mass is 16.5. The van der Waals surface area contributed by atoms with Crippen LogP contribution in [0.25, 0.3) is 6.08 Å². The third kappa shape index (κ3) is 10.6. The Balaban J connectivity index is 1.18. The number of phenolic OH excluding ortho intramolecular Hbond substituents is 2. The van der Waals surface area contributed by atoms with E-state index in [4.69, 9.17) is 9.47 Å². The first-order valence-corrected chi connectivity index (χ1v) is 18.3. The molecule has 1 unspecified atom stereocenters. The van der Waals surface area contributed by atoms with Gasteiger partial charge in [-0.15, -0.1) is 0 Å². The molecule has 0 fully saturated rings. The summed E-state index contributed by atoms with van der Waals surface area (Å²) in [5.74, 6) is -6.63. The van der Waals surface area contributed by atoms with Gasteiger partial charge in [-0.3, -0.25) is 24.0 Å². The maximum Gasteiger partial charge on any atom is 0.339 e. The van der Waals surface area contributed by atoms with E-state index in [-0.39, 0.29) is 63.3 Å². The number of nitrogens with zero attached hydrogens (tertiary/aromatic N) is 1. The molecule has 5 amide bonds. The highest BCUT2D eigenvalue weighted by Crippen LogP contribution is 2.40. The summed E-state index contributed by atoms with van der Waals surface area (Å²) in [6, 6.07) is 23.1. The van der Waals surface area contributed by atoms with Gasteiger partial charge in [-0.25, -0.2) is 4.79 Å². The van der Waals surface area contributed by atoms with Crippen LogP contribution < -0.4 is 36.1 Å². The van der Waals surface area contributed by atoms with E-state index in [0.29, 0.717) is 16.8 Å². The smallest absolute Gasteiger partial charge is 0.339 e. The quantitative estimate of drug-likeness (QED) is 0.0571. The van der Waals surface area contributed by atoms with Gasteiger partial charge in [0.15, 0.2) is 23.0 Å². The van der Waals surface area contributed by atoms with E-state index in [1.165, 1.54) is 86.0 Å². The molecule has 0 aliphatic rings. The second-order valence-electron chi connectivity index (χ2n) is 13.2. The zero-order valence-electron chi connectivity index (χ0n) is 33.1. The normalized spacial score (nSPS) is 11.2. The number of carbonyl (C=O) groups is 6. The monoisotopic (exact) mass is 842 g/mol. The van der Waals surface area contributed by atoms with Gasteiger partial charge in [0.25, 0.3) is 23.6 Å². The number of nitriles is 1. The fourth-order valence-electron chi connectivity index (χ4n) is 5.79. The Labute approximate surface area is 353 Å². The van der Waals surface area contributed by atoms with Crippen LogP contribution in [0, 0.1) is 11.3 Å². The SMILES string of the molecule is COc1c(NC(=O)c2ccc(NC(=O)c3ccc(NC(=O)C(CC#N)NC(=O)c4ccc(NC(=O)C(C)=Cc5ccc(O)cc5)cc4)cc3)c(OC)c2O)ccc(C(=O)O)c1O. The number of hydrogen-bond donors (Lipinski definition) is 9. The lowest BCUT2D eigenvalue weighted by Crippen LogP contribution is -2.43. The molecule has 5 aromatic rings. The number of anilines is 4. The summed E-state index contributed by atoms with van der Waals surface area (Å²) in [5.41, 5.74) is 1.11. The predicted molar refractivity (Wildman–Crippen MR) is 226 cm³/mol. The van der Waals surface area contributed by atoms with Crippen molar-refractivity contribution in [2.45, 2.75) is 19.4 Å². The third-order valence-electron chi connectivity index (χ3n) is 9.01. The highest BCUT2D eigenvalue weighted by Gasteiger charge is 2.25. The molecular formula is C44H38N6O12. The minimum Gasteiger partial charge on any atom is -0.508 e. The van der Waals surface area contributed by atoms with Gasteiger partial charge in [-0.05, 0) is 103 Å². The number of benzene rings is 5. The number of hydrogen-bond acceptors (Lipinski definition) is 12. The van der Waals surface area contributed by atoms with Crippen LogP contribution in [-0.4, -0.2) is 76.2 Å². The maximum atomic E-state index is 13.2. The van der Waals surface area contributed by atoms with Crippen LogP contribution in [-0.2, 0) is 9.59 Å². The van der Waals surface area contributed by atoms with Crippen molar-refractivity contribution in [2.75, 3.05) is 35.5 Å². The van der Waals surface area contributed by atoms with Crippen molar-refractivity contribution in [1.82, 2.24) is 5.32 Å². The molecule has 62 heavy (non-hydrogen) atoms. The average Bonchev–Trinajstić information content (AvgIpc) is 3.24. The Morgan fingerprint density at radius 2 is 1.15 bits per heavy atom. The van der Waals surface area contributed by atoms with Gasteiger partial charge in [0.05, 0.1) is 43.6 Å². The van der Waals surface area contributed by atoms with Gasteiger partial charge < -0.3 is 56.5 Å². The number of amides is 5. The number of ether oxygens (including phenoxy) is 2. The minimum absolute atomic E-state index is 0.0198. The molecule has 0 saturated carbocycles. The Morgan fingerprint density at radius 3 is 1.68 bits per heavy atom. The summed E-state index contributed by atoms with van der Waals surface area (Å²) in [7, 11) is 2.35. The summed E-state index contributed by atoms with van der Waals surface area (Å²) < 4.78 is 10.3. The number of rotatable bonds is 15. The van der Waals surface area contributed by atoms with Gasteiger partial charge in [0.1, 0.15) is 17.4 Å². The standard InChI is InChI=1S/C44H38N6O12/c1-23(22-24-4-14-29(51)15-5-24)39(54)46-27-10-6-26(7-11-27)41(56)50-34(20-21-45)43(58)47-28-12-8-25(9-13-28)40(55)48-32-18-16-30(35(52)37(32)61-2)42(57)49-33-19-17-31(44(59)60)36(53)38(33)62-3/h4-19,22,34,51-53H,20H2,1-3H3,(H,46,54)(H,47,58)(H,48,55)(H,49,57)(H,50,56)(H,59,60). The van der Waals surface area contributed by atoms with Crippen molar-refractivity contribution in [3.05, 3.63) is 130 Å². The fraction of sp³-hybridized carbons (Fsp3) is 0.114. The van der Waals surface area contributed by atoms with Crippen molar-refractivity contribution in [3.63, 3.8) is 0 Å². The van der Waals surface area contributed by atoms with Gasteiger partial charge in [-0.1, -0.05) is 12.1 Å². The van der Waals surface area contributed by atoms with Gasteiger partial charge >= 0.3 is 5.97 Å². The number of nitrogens with one attached hydrogen (secondary N) is 5. The van der Waals surface area contributed by atoms with E-state index in [9.17, 15) is 54.5 Å². The Hall–Kier alpha value is -8.85. The molecular weight excluding hydrogens is 805 g/mol. The number of carboxylic acid groups (broad SMARTS) is 1. The van der Waals surface area contributed by atoms with E-state index in [0.717, 1.165) is 13.2 Å². The van der Waals surface area contributed by atoms with E-state index in [2.05, 4.69) is 26.6 Å². The van der Waals surface area contributed by atoms with Crippen LogP contribution in [0.1, 0.15) is 60.3 Å². The Bertz CT molecular complexity index is 2620. The van der Waals surface area contributed by atoms with Gasteiger partial charge in [0, 0.05) is 28.1 Å². The minimum atomic E-state index is -1.43. The van der Waals surface area contributed by atoms with Crippen LogP contribution in [0.2, 0.25) is 0 Å². The largest absolute Gasteiger partial charge is 0.508 e. The average molecular weight is 843 g/mol. The molecule has 0 saturated heterocycles. The molecule has 1 atom stereocenters. The number of aromatic hydroxyl groups is 3. The first kappa shape index (κ1) is 44.3. The van der Waals surface area contributed by atoms with Crippen molar-refractivity contribution in [3.8, 4) is 34.8 Å². The zero-order valence-corrected chi connectivity index (χ0v) is 33.1. The first-order valence-electron chi connectivity index (χ1n) is 18.3. The number of carbonyl (C=O) groups excluding carboxylic acids is 5. The van der Waals surface area contributed by atoms with Crippen LogP contribution in [0.15, 0.2) is 103 Å². The maximum absolute atomic E-state index is 13.2. The molecule has 0 aliphatic heterocycles. The van der Waals surface area contributed by atoms with Gasteiger partial charge in [-0.2, -0.15) is 5.26 Å². The summed E-state index contributed by atoms with van der Waals surface area (Å²) in [6.45, 7) is 1.62. The van der Waals surface area contributed by atoms with Crippen molar-refractivity contribution < 1.29 is 58.7 Å². The molecule has 5 aromatic carbocycles. The summed E-state index contributed by atoms with van der Waals surface area (Å²) in [4.78, 5) is 76.5. The molecule has 0 aromatic heterocycles. The van der Waals surface area contributed by atoms with E-state index >= 15 is 0 Å². The number of methoxy groups -OCH3 is 2. The molecule has 0 aliphatic carbocycles. The zero-order chi connectivity index (χ0) is 45.1. The van der Waals surface area contributed by atoms with Crippen molar-refractivity contribution in [2.24, 2.45) is 0 Å². The number of phenols is 3. The number of carboxylic acids is 1. The van der Waals surface area contributed by atoms with Crippen LogP contribution in [0.3, 0.4) is 0 Å². The van der Waals surface area contributed by atoms with Crippen LogP contribution >= 0.6 is 0 Å². The van der Waals surface area contributed by atoms with E-state index in [1.54, 1.807) is 25.1 Å². The van der Waals surface area contributed by atoms with Crippen LogP contribution in [0.4, 0.5) is 22.7 Å². The molecule has 5 rings (SSSR count). The lowest BCUT2D eigenvalue weighted by Gasteiger charge is -2.17. The second kappa shape index (κ2) is 19.7. The Kier molecular flexibility index (Phi) is 14.1. The summed E-state index contributed by atoms with van der Waals surface area (Å²) in [6.07, 6.45) is 1.27. The molecule has 316 valence electrons. The highest BCUT2D eigenvalue weighted by molar-refractivity contribution is 6.11. The van der Waals surface area contributed by atoms with Crippen molar-refractivity contribution >= 4 is 64.3 Å². The van der Waals surface area contributed by atoms with Gasteiger partial charge in [0.2, 0.25) is 5.91 Å². The number of aromatic carboxylic acids is 1. The third-order valence-corrected chi connectivity index (χ3v) is 9.01. The van der Waals surface area contributed by atoms with E-state index < -0.39 is 52.7 Å². The molecule has 18 nitrogen and oxygen atoms in total. The summed E-state index contributed by atoms with van der Waals surface area (Å²) >= 11 is 0. The molecule has 0 heterocycles. The molecule has 0 bridgehead atoms. The lowest BCUT2D eigenvalue weighted by molar-refractivity contribution is -0.118. The Morgan fingerprint density at radius 1 is 0.645 bits per heavy atom. The second-order valence-corrected chi connectivity index (χ2v) is 13.2.